The van der Waals surface area contributed by atoms with Crippen LogP contribution in [0.3, 0.4) is 0 Å². The Morgan fingerprint density at radius 2 is 1.64 bits per heavy atom. The van der Waals surface area contributed by atoms with Gasteiger partial charge in [0.2, 0.25) is 11.8 Å². The fourth-order valence-electron chi connectivity index (χ4n) is 2.87. The number of ether oxygens (including phenoxy) is 1. The van der Waals surface area contributed by atoms with Crippen LogP contribution in [0.5, 0.6) is 0 Å². The van der Waals surface area contributed by atoms with Crippen LogP contribution < -0.4 is 10.6 Å². The largest absolute Gasteiger partial charge is 0.374 e. The molecule has 1 unspecified atom stereocenters. The lowest BCUT2D eigenvalue weighted by atomic mass is 10.0. The van der Waals surface area contributed by atoms with E-state index in [-0.39, 0.29) is 30.4 Å². The molecule has 0 aliphatic rings. The number of aryl methyl sites for hydroxylation is 1. The normalized spacial score (nSPS) is 11.9. The Morgan fingerprint density at radius 1 is 1.00 bits per heavy atom. The molecule has 0 spiro atoms. The predicted molar refractivity (Wildman–Crippen MR) is 111 cm³/mol. The maximum atomic E-state index is 12.5. The summed E-state index contributed by atoms with van der Waals surface area (Å²) in [6.45, 7) is 8.41. The summed E-state index contributed by atoms with van der Waals surface area (Å²) in [4.78, 5) is 24.1. The molecule has 2 amide bonds. The van der Waals surface area contributed by atoms with Gasteiger partial charge >= 0.3 is 0 Å². The van der Waals surface area contributed by atoms with Gasteiger partial charge in [-0.3, -0.25) is 9.59 Å². The van der Waals surface area contributed by atoms with Gasteiger partial charge in [-0.2, -0.15) is 0 Å². The van der Waals surface area contributed by atoms with Gasteiger partial charge in [-0.1, -0.05) is 54.1 Å². The van der Waals surface area contributed by atoms with E-state index >= 15 is 0 Å². The molecule has 0 aromatic heterocycles. The third kappa shape index (κ3) is 7.16. The van der Waals surface area contributed by atoms with Gasteiger partial charge in [0.15, 0.2) is 0 Å². The minimum Gasteiger partial charge on any atom is -0.374 e. The number of rotatable bonds is 9. The third-order valence-electron chi connectivity index (χ3n) is 4.41. The second kappa shape index (κ2) is 10.6. The van der Waals surface area contributed by atoms with Crippen molar-refractivity contribution >= 4 is 11.8 Å². The Labute approximate surface area is 167 Å². The van der Waals surface area contributed by atoms with Gasteiger partial charge < -0.3 is 15.4 Å². The summed E-state index contributed by atoms with van der Waals surface area (Å²) in [5.41, 5.74) is 4.15. The Morgan fingerprint density at radius 3 is 2.25 bits per heavy atom. The molecular weight excluding hydrogens is 352 g/mol. The van der Waals surface area contributed by atoms with E-state index < -0.39 is 0 Å². The fourth-order valence-corrected chi connectivity index (χ4v) is 2.87. The Balaban J connectivity index is 1.99. The Bertz CT molecular complexity index is 785. The van der Waals surface area contributed by atoms with Crippen molar-refractivity contribution in [3.8, 4) is 0 Å². The standard InChI is InChI=1S/C23H30N2O3/c1-16(2)28-15-21-8-6-5-7-20(21)14-24-23(27)13-22(25-18(4)26)19-11-9-17(3)10-12-19/h5-12,16,22H,13-15H2,1-4H3,(H,24,27)(H,25,26). The molecule has 0 bridgehead atoms. The van der Waals surface area contributed by atoms with E-state index in [1.807, 2.05) is 69.3 Å². The first-order valence-corrected chi connectivity index (χ1v) is 9.64. The first kappa shape index (κ1) is 21.6. The van der Waals surface area contributed by atoms with Gasteiger partial charge in [0.25, 0.3) is 0 Å². The average Bonchev–Trinajstić information content (AvgIpc) is 2.65. The van der Waals surface area contributed by atoms with Gasteiger partial charge in [-0.25, -0.2) is 0 Å². The first-order valence-electron chi connectivity index (χ1n) is 9.64. The number of benzene rings is 2. The summed E-state index contributed by atoms with van der Waals surface area (Å²) >= 11 is 0. The zero-order valence-electron chi connectivity index (χ0n) is 17.1. The average molecular weight is 383 g/mol. The van der Waals surface area contributed by atoms with E-state index in [9.17, 15) is 9.59 Å². The summed E-state index contributed by atoms with van der Waals surface area (Å²) in [5.74, 6) is -0.270. The fraction of sp³-hybridized carbons (Fsp3) is 0.391. The summed E-state index contributed by atoms with van der Waals surface area (Å²) in [6, 6.07) is 15.4. The van der Waals surface area contributed by atoms with Gasteiger partial charge in [0.05, 0.1) is 25.2 Å². The van der Waals surface area contributed by atoms with Crippen molar-refractivity contribution < 1.29 is 14.3 Å². The molecule has 2 aromatic rings. The summed E-state index contributed by atoms with van der Waals surface area (Å²) in [6.07, 6.45) is 0.336. The second-order valence-electron chi connectivity index (χ2n) is 7.27. The third-order valence-corrected chi connectivity index (χ3v) is 4.41. The van der Waals surface area contributed by atoms with Crippen LogP contribution in [0.1, 0.15) is 55.5 Å². The lowest BCUT2D eigenvalue weighted by molar-refractivity contribution is -0.122. The highest BCUT2D eigenvalue weighted by atomic mass is 16.5. The lowest BCUT2D eigenvalue weighted by Crippen LogP contribution is -2.32. The van der Waals surface area contributed by atoms with Crippen LogP contribution in [0, 0.1) is 6.92 Å². The molecule has 0 radical (unpaired) electrons. The first-order chi connectivity index (χ1) is 13.3. The smallest absolute Gasteiger partial charge is 0.222 e. The number of carbonyl (C=O) groups excluding carboxylic acids is 2. The van der Waals surface area contributed by atoms with E-state index in [0.717, 1.165) is 22.3 Å². The molecule has 2 aromatic carbocycles. The minimum atomic E-state index is -0.349. The van der Waals surface area contributed by atoms with Crippen molar-refractivity contribution in [3.05, 3.63) is 70.8 Å². The summed E-state index contributed by atoms with van der Waals surface area (Å²) in [5, 5.41) is 5.84. The van der Waals surface area contributed by atoms with Gasteiger partial charge in [-0.05, 0) is 37.5 Å². The SMILES string of the molecule is CC(=O)NC(CC(=O)NCc1ccccc1COC(C)C)c1ccc(C)cc1. The molecule has 150 valence electrons. The number of hydrogen-bond acceptors (Lipinski definition) is 3. The highest BCUT2D eigenvalue weighted by molar-refractivity contribution is 5.79. The molecule has 0 saturated heterocycles. The van der Waals surface area contributed by atoms with Gasteiger partial charge in [0.1, 0.15) is 0 Å². The Hall–Kier alpha value is -2.66. The Kier molecular flexibility index (Phi) is 8.20. The van der Waals surface area contributed by atoms with E-state index in [0.29, 0.717) is 13.2 Å². The lowest BCUT2D eigenvalue weighted by Gasteiger charge is -2.19. The van der Waals surface area contributed by atoms with E-state index in [4.69, 9.17) is 4.74 Å². The zero-order chi connectivity index (χ0) is 20.5. The van der Waals surface area contributed by atoms with Gasteiger partial charge in [0, 0.05) is 13.5 Å². The molecule has 0 aliphatic heterocycles. The molecule has 0 saturated carbocycles. The van der Waals surface area contributed by atoms with Crippen LogP contribution in [-0.2, 0) is 27.5 Å². The summed E-state index contributed by atoms with van der Waals surface area (Å²) < 4.78 is 5.69. The number of carbonyl (C=O) groups is 2. The monoisotopic (exact) mass is 382 g/mol. The number of nitrogens with one attached hydrogen (secondary N) is 2. The van der Waals surface area contributed by atoms with Crippen molar-refractivity contribution in [3.63, 3.8) is 0 Å². The van der Waals surface area contributed by atoms with Crippen molar-refractivity contribution in [1.82, 2.24) is 10.6 Å². The summed E-state index contributed by atoms with van der Waals surface area (Å²) in [7, 11) is 0. The predicted octanol–water partition coefficient (Wildman–Crippen LogP) is 3.80. The molecule has 5 heteroatoms. The molecule has 28 heavy (non-hydrogen) atoms. The van der Waals surface area contributed by atoms with Crippen LogP contribution >= 0.6 is 0 Å². The number of hydrogen-bond donors (Lipinski definition) is 2. The van der Waals surface area contributed by atoms with Crippen molar-refractivity contribution in [1.29, 1.82) is 0 Å². The molecule has 0 heterocycles. The molecule has 5 nitrogen and oxygen atoms in total. The number of amides is 2. The quantitative estimate of drug-likeness (QED) is 0.693. The van der Waals surface area contributed by atoms with Crippen molar-refractivity contribution in [2.75, 3.05) is 0 Å². The molecule has 2 N–H and O–H groups in total. The minimum absolute atomic E-state index is 0.112. The maximum Gasteiger partial charge on any atom is 0.222 e. The van der Waals surface area contributed by atoms with Crippen LogP contribution in [0.15, 0.2) is 48.5 Å². The highest BCUT2D eigenvalue weighted by Gasteiger charge is 2.17. The topological polar surface area (TPSA) is 67.4 Å². The van der Waals surface area contributed by atoms with E-state index in [1.165, 1.54) is 6.92 Å². The van der Waals surface area contributed by atoms with Crippen LogP contribution in [0.25, 0.3) is 0 Å². The molecule has 0 fully saturated rings. The molecular formula is C23H30N2O3. The molecule has 2 rings (SSSR count). The van der Waals surface area contributed by atoms with E-state index in [2.05, 4.69) is 10.6 Å². The van der Waals surface area contributed by atoms with Crippen molar-refractivity contribution in [2.45, 2.75) is 59.4 Å². The van der Waals surface area contributed by atoms with Crippen LogP contribution in [0.4, 0.5) is 0 Å². The molecule has 1 atom stereocenters. The highest BCUT2D eigenvalue weighted by Crippen LogP contribution is 2.18. The maximum absolute atomic E-state index is 12.5. The van der Waals surface area contributed by atoms with Crippen LogP contribution in [0.2, 0.25) is 0 Å². The molecule has 0 aliphatic carbocycles. The van der Waals surface area contributed by atoms with Crippen molar-refractivity contribution in [2.24, 2.45) is 0 Å². The van der Waals surface area contributed by atoms with Crippen LogP contribution in [-0.4, -0.2) is 17.9 Å². The van der Waals surface area contributed by atoms with Gasteiger partial charge in [-0.15, -0.1) is 0 Å². The van der Waals surface area contributed by atoms with E-state index in [1.54, 1.807) is 0 Å². The second-order valence-corrected chi connectivity index (χ2v) is 7.27. The zero-order valence-corrected chi connectivity index (χ0v) is 17.1.